The zero-order valence-corrected chi connectivity index (χ0v) is 13.7. The van der Waals surface area contributed by atoms with Crippen molar-refractivity contribution < 1.29 is 9.53 Å². The molecule has 0 unspecified atom stereocenters. The molecule has 0 aliphatic heterocycles. The van der Waals surface area contributed by atoms with Crippen molar-refractivity contribution in [3.8, 4) is 5.82 Å². The number of ether oxygens (including phenoxy) is 1. The second-order valence-corrected chi connectivity index (χ2v) is 6.08. The number of nitrogens with one attached hydrogen (secondary N) is 2. The van der Waals surface area contributed by atoms with E-state index < -0.39 is 5.60 Å². The molecule has 0 bridgehead atoms. The molecule has 23 heavy (non-hydrogen) atoms. The Balaban J connectivity index is 1.66. The molecule has 2 rings (SSSR count). The van der Waals surface area contributed by atoms with Crippen LogP contribution in [0.15, 0.2) is 37.1 Å². The van der Waals surface area contributed by atoms with Crippen LogP contribution in [-0.2, 0) is 4.74 Å². The van der Waals surface area contributed by atoms with Gasteiger partial charge in [-0.3, -0.25) is 4.57 Å². The number of carbonyl (C=O) groups is 1. The molecule has 0 aromatic carbocycles. The Bertz CT molecular complexity index is 602. The average molecular weight is 317 g/mol. The molecule has 0 aliphatic carbocycles. The third-order valence-electron chi connectivity index (χ3n) is 2.87. The molecular formula is C16H23N5O2. The average Bonchev–Trinajstić information content (AvgIpc) is 3.00. The van der Waals surface area contributed by atoms with Gasteiger partial charge in [0.25, 0.3) is 0 Å². The monoisotopic (exact) mass is 317 g/mol. The van der Waals surface area contributed by atoms with E-state index >= 15 is 0 Å². The van der Waals surface area contributed by atoms with Crippen LogP contribution < -0.4 is 10.6 Å². The lowest BCUT2D eigenvalue weighted by Gasteiger charge is -2.19. The summed E-state index contributed by atoms with van der Waals surface area (Å²) in [6, 6.07) is 3.88. The van der Waals surface area contributed by atoms with Gasteiger partial charge in [0, 0.05) is 25.5 Å². The molecule has 2 heterocycles. The fraction of sp³-hybridized carbons (Fsp3) is 0.438. The van der Waals surface area contributed by atoms with Crippen LogP contribution in [0.2, 0.25) is 0 Å². The van der Waals surface area contributed by atoms with Crippen LogP contribution in [0.1, 0.15) is 27.2 Å². The van der Waals surface area contributed by atoms with Crippen LogP contribution in [0.3, 0.4) is 0 Å². The predicted octanol–water partition coefficient (Wildman–Crippen LogP) is 2.59. The number of anilines is 1. The van der Waals surface area contributed by atoms with Crippen molar-refractivity contribution in [2.75, 3.05) is 18.4 Å². The molecule has 7 heteroatoms. The van der Waals surface area contributed by atoms with Gasteiger partial charge in [-0.05, 0) is 39.3 Å². The Labute approximate surface area is 136 Å². The molecule has 0 saturated carbocycles. The molecule has 7 nitrogen and oxygen atoms in total. The minimum absolute atomic E-state index is 0.385. The standard InChI is InChI=1S/C16H23N5O2/c1-16(2,3)23-15(22)19-8-4-7-18-13-5-6-14(20-11-13)21-10-9-17-12-21/h5-6,9-12,18H,4,7-8H2,1-3H3,(H,19,22). The third-order valence-corrected chi connectivity index (χ3v) is 2.87. The molecule has 0 atom stereocenters. The highest BCUT2D eigenvalue weighted by Crippen LogP contribution is 2.09. The van der Waals surface area contributed by atoms with E-state index in [1.165, 1.54) is 0 Å². The lowest BCUT2D eigenvalue weighted by molar-refractivity contribution is 0.0528. The summed E-state index contributed by atoms with van der Waals surface area (Å²) in [4.78, 5) is 19.8. The molecule has 124 valence electrons. The van der Waals surface area contributed by atoms with E-state index in [0.29, 0.717) is 6.54 Å². The van der Waals surface area contributed by atoms with E-state index in [-0.39, 0.29) is 6.09 Å². The van der Waals surface area contributed by atoms with Gasteiger partial charge in [-0.1, -0.05) is 0 Å². The van der Waals surface area contributed by atoms with Crippen LogP contribution in [0.25, 0.3) is 5.82 Å². The number of hydrogen-bond acceptors (Lipinski definition) is 5. The van der Waals surface area contributed by atoms with Gasteiger partial charge >= 0.3 is 6.09 Å². The normalized spacial score (nSPS) is 11.1. The van der Waals surface area contributed by atoms with E-state index in [1.54, 1.807) is 18.7 Å². The number of hydrogen-bond donors (Lipinski definition) is 2. The van der Waals surface area contributed by atoms with Crippen molar-refractivity contribution >= 4 is 11.8 Å². The SMILES string of the molecule is CC(C)(C)OC(=O)NCCCNc1ccc(-n2ccnc2)nc1. The summed E-state index contributed by atoms with van der Waals surface area (Å²) >= 11 is 0. The maximum Gasteiger partial charge on any atom is 0.407 e. The van der Waals surface area contributed by atoms with Crippen molar-refractivity contribution in [3.05, 3.63) is 37.1 Å². The van der Waals surface area contributed by atoms with Gasteiger partial charge in [-0.2, -0.15) is 0 Å². The van der Waals surface area contributed by atoms with Gasteiger partial charge in [0.1, 0.15) is 17.7 Å². The largest absolute Gasteiger partial charge is 0.444 e. The smallest absolute Gasteiger partial charge is 0.407 e. The predicted molar refractivity (Wildman–Crippen MR) is 88.7 cm³/mol. The van der Waals surface area contributed by atoms with E-state index in [4.69, 9.17) is 4.74 Å². The van der Waals surface area contributed by atoms with Crippen molar-refractivity contribution in [1.82, 2.24) is 19.9 Å². The molecule has 0 aliphatic rings. The molecule has 0 radical (unpaired) electrons. The molecule has 1 amide bonds. The highest BCUT2D eigenvalue weighted by Gasteiger charge is 2.15. The fourth-order valence-corrected chi connectivity index (χ4v) is 1.86. The first kappa shape index (κ1) is 16.8. The van der Waals surface area contributed by atoms with E-state index in [1.807, 2.05) is 43.7 Å². The molecule has 2 N–H and O–H groups in total. The Kier molecular flexibility index (Phi) is 5.56. The highest BCUT2D eigenvalue weighted by atomic mass is 16.6. The number of aromatic nitrogens is 3. The Morgan fingerprint density at radius 3 is 2.74 bits per heavy atom. The Morgan fingerprint density at radius 1 is 1.30 bits per heavy atom. The van der Waals surface area contributed by atoms with Crippen molar-refractivity contribution in [3.63, 3.8) is 0 Å². The lowest BCUT2D eigenvalue weighted by atomic mass is 10.2. The summed E-state index contributed by atoms with van der Waals surface area (Å²) in [5.74, 6) is 0.819. The number of alkyl carbamates (subject to hydrolysis) is 1. The summed E-state index contributed by atoms with van der Waals surface area (Å²) in [5, 5.41) is 5.99. The number of imidazole rings is 1. The van der Waals surface area contributed by atoms with E-state index in [0.717, 1.165) is 24.5 Å². The minimum atomic E-state index is -0.467. The van der Waals surface area contributed by atoms with Crippen molar-refractivity contribution in [2.24, 2.45) is 0 Å². The van der Waals surface area contributed by atoms with E-state index in [2.05, 4.69) is 20.6 Å². The van der Waals surface area contributed by atoms with E-state index in [9.17, 15) is 4.79 Å². The maximum atomic E-state index is 11.5. The summed E-state index contributed by atoms with van der Waals surface area (Å²) in [6.07, 6.45) is 7.45. The Morgan fingerprint density at radius 2 is 2.13 bits per heavy atom. The first-order valence-electron chi connectivity index (χ1n) is 7.59. The highest BCUT2D eigenvalue weighted by molar-refractivity contribution is 5.67. The van der Waals surface area contributed by atoms with Crippen LogP contribution in [-0.4, -0.2) is 39.3 Å². The quantitative estimate of drug-likeness (QED) is 0.800. The van der Waals surface area contributed by atoms with Crippen LogP contribution >= 0.6 is 0 Å². The second kappa shape index (κ2) is 7.62. The molecular weight excluding hydrogens is 294 g/mol. The molecule has 2 aromatic heterocycles. The summed E-state index contributed by atoms with van der Waals surface area (Å²) < 4.78 is 7.01. The summed E-state index contributed by atoms with van der Waals surface area (Å²) in [7, 11) is 0. The number of carbonyl (C=O) groups excluding carboxylic acids is 1. The fourth-order valence-electron chi connectivity index (χ4n) is 1.86. The summed E-state index contributed by atoms with van der Waals surface area (Å²) in [6.45, 7) is 6.82. The summed E-state index contributed by atoms with van der Waals surface area (Å²) in [5.41, 5.74) is 0.469. The molecule has 0 saturated heterocycles. The molecule has 0 fully saturated rings. The van der Waals surface area contributed by atoms with Gasteiger partial charge in [-0.15, -0.1) is 0 Å². The van der Waals surface area contributed by atoms with Crippen LogP contribution in [0, 0.1) is 0 Å². The lowest BCUT2D eigenvalue weighted by Crippen LogP contribution is -2.33. The number of nitrogens with zero attached hydrogens (tertiary/aromatic N) is 3. The maximum absolute atomic E-state index is 11.5. The van der Waals surface area contributed by atoms with Gasteiger partial charge in [0.15, 0.2) is 0 Å². The first-order valence-corrected chi connectivity index (χ1v) is 7.59. The van der Waals surface area contributed by atoms with Gasteiger partial charge in [0.05, 0.1) is 11.9 Å². The zero-order valence-electron chi connectivity index (χ0n) is 13.7. The zero-order chi connectivity index (χ0) is 16.7. The number of amides is 1. The van der Waals surface area contributed by atoms with Gasteiger partial charge < -0.3 is 15.4 Å². The first-order chi connectivity index (χ1) is 10.9. The second-order valence-electron chi connectivity index (χ2n) is 6.08. The number of rotatable bonds is 6. The number of pyridine rings is 1. The van der Waals surface area contributed by atoms with Crippen LogP contribution in [0.4, 0.5) is 10.5 Å². The third kappa shape index (κ3) is 5.98. The topological polar surface area (TPSA) is 81.1 Å². The molecule has 0 spiro atoms. The minimum Gasteiger partial charge on any atom is -0.444 e. The van der Waals surface area contributed by atoms with Gasteiger partial charge in [0.2, 0.25) is 0 Å². The van der Waals surface area contributed by atoms with Crippen molar-refractivity contribution in [1.29, 1.82) is 0 Å². The van der Waals surface area contributed by atoms with Crippen molar-refractivity contribution in [2.45, 2.75) is 32.8 Å². The Hall–Kier alpha value is -2.57. The van der Waals surface area contributed by atoms with Gasteiger partial charge in [-0.25, -0.2) is 14.8 Å². The molecule has 2 aromatic rings. The van der Waals surface area contributed by atoms with Crippen LogP contribution in [0.5, 0.6) is 0 Å².